The maximum Gasteiger partial charge on any atom is 0.313 e. The topological polar surface area (TPSA) is 78.4 Å². The van der Waals surface area contributed by atoms with Crippen LogP contribution in [-0.2, 0) is 15.0 Å². The van der Waals surface area contributed by atoms with Crippen LogP contribution in [0, 0.1) is 5.41 Å². The van der Waals surface area contributed by atoms with Crippen molar-refractivity contribution in [3.05, 3.63) is 29.8 Å². The number of amides is 2. The lowest BCUT2D eigenvalue weighted by molar-refractivity contribution is -0.136. The first-order chi connectivity index (χ1) is 11.1. The highest BCUT2D eigenvalue weighted by atomic mass is 16.3. The molecule has 0 aliphatic carbocycles. The summed E-state index contributed by atoms with van der Waals surface area (Å²) >= 11 is 0. The molecule has 24 heavy (non-hydrogen) atoms. The number of nitrogens with one attached hydrogen (secondary N) is 2. The Balaban J connectivity index is 2.56. The van der Waals surface area contributed by atoms with Crippen molar-refractivity contribution in [1.82, 2.24) is 5.32 Å². The summed E-state index contributed by atoms with van der Waals surface area (Å²) in [5, 5.41) is 14.5. The number of benzene rings is 1. The third-order valence-corrected chi connectivity index (χ3v) is 3.93. The molecule has 0 saturated heterocycles. The Kier molecular flexibility index (Phi) is 6.96. The van der Waals surface area contributed by atoms with Crippen LogP contribution in [0.1, 0.15) is 53.0 Å². The van der Waals surface area contributed by atoms with Gasteiger partial charge >= 0.3 is 11.8 Å². The highest BCUT2D eigenvalue weighted by Crippen LogP contribution is 2.29. The molecule has 5 heteroatoms. The van der Waals surface area contributed by atoms with Crippen LogP contribution in [0.5, 0.6) is 0 Å². The van der Waals surface area contributed by atoms with Crippen molar-refractivity contribution in [3.8, 4) is 0 Å². The first-order valence-electron chi connectivity index (χ1n) is 8.36. The summed E-state index contributed by atoms with van der Waals surface area (Å²) in [5.41, 5.74) is 1.34. The van der Waals surface area contributed by atoms with Crippen LogP contribution in [0.3, 0.4) is 0 Å². The van der Waals surface area contributed by atoms with Crippen molar-refractivity contribution in [2.24, 2.45) is 5.41 Å². The Morgan fingerprint density at radius 3 is 2.25 bits per heavy atom. The Morgan fingerprint density at radius 2 is 1.67 bits per heavy atom. The smallest absolute Gasteiger partial charge is 0.313 e. The second-order valence-corrected chi connectivity index (χ2v) is 7.93. The first kappa shape index (κ1) is 20.2. The number of carbonyl (C=O) groups excluding carboxylic acids is 2. The summed E-state index contributed by atoms with van der Waals surface area (Å²) in [7, 11) is 0. The van der Waals surface area contributed by atoms with Gasteiger partial charge in [-0.1, -0.05) is 52.8 Å². The minimum atomic E-state index is -0.659. The number of hydrogen-bond acceptors (Lipinski definition) is 3. The molecule has 0 aliphatic rings. The van der Waals surface area contributed by atoms with Gasteiger partial charge in [-0.2, -0.15) is 0 Å². The van der Waals surface area contributed by atoms with Crippen molar-refractivity contribution >= 4 is 17.5 Å². The molecule has 1 aromatic carbocycles. The van der Waals surface area contributed by atoms with Crippen molar-refractivity contribution in [1.29, 1.82) is 0 Å². The van der Waals surface area contributed by atoms with E-state index in [1.807, 2.05) is 32.0 Å². The van der Waals surface area contributed by atoms with Gasteiger partial charge < -0.3 is 15.7 Å². The van der Waals surface area contributed by atoms with Crippen LogP contribution in [0.2, 0.25) is 0 Å². The van der Waals surface area contributed by atoms with Crippen molar-refractivity contribution < 1.29 is 14.7 Å². The Morgan fingerprint density at radius 1 is 1.04 bits per heavy atom. The van der Waals surface area contributed by atoms with Crippen molar-refractivity contribution in [3.63, 3.8) is 0 Å². The molecule has 1 aromatic rings. The third-order valence-electron chi connectivity index (χ3n) is 3.93. The summed E-state index contributed by atoms with van der Waals surface area (Å²) in [4.78, 5) is 24.0. The Labute approximate surface area is 144 Å². The van der Waals surface area contributed by atoms with Gasteiger partial charge in [-0.15, -0.1) is 0 Å². The van der Waals surface area contributed by atoms with Gasteiger partial charge in [0.05, 0.1) is 0 Å². The zero-order valence-electron chi connectivity index (χ0n) is 15.4. The molecule has 0 aliphatic heterocycles. The molecular formula is C19H30N2O3. The molecule has 0 heterocycles. The van der Waals surface area contributed by atoms with Gasteiger partial charge in [0.25, 0.3) is 0 Å². The van der Waals surface area contributed by atoms with Crippen LogP contribution in [0.25, 0.3) is 0 Å². The largest absolute Gasteiger partial charge is 0.396 e. The molecule has 0 spiro atoms. The van der Waals surface area contributed by atoms with E-state index in [1.165, 1.54) is 0 Å². The minimum Gasteiger partial charge on any atom is -0.396 e. The van der Waals surface area contributed by atoms with Gasteiger partial charge in [0.15, 0.2) is 0 Å². The molecule has 134 valence electrons. The molecule has 2 amide bonds. The molecule has 0 saturated carbocycles. The van der Waals surface area contributed by atoms with E-state index in [0.29, 0.717) is 18.7 Å². The maximum atomic E-state index is 12.1. The normalized spacial score (nSPS) is 11.9. The van der Waals surface area contributed by atoms with Gasteiger partial charge in [-0.05, 0) is 35.3 Å². The van der Waals surface area contributed by atoms with E-state index < -0.39 is 11.8 Å². The SMILES string of the molecule is CC(C)(CO)CCCNC(=O)C(=O)Nc1ccccc1C(C)(C)C. The van der Waals surface area contributed by atoms with E-state index in [-0.39, 0.29) is 17.4 Å². The van der Waals surface area contributed by atoms with Crippen LogP contribution < -0.4 is 10.6 Å². The molecule has 1 rings (SSSR count). The van der Waals surface area contributed by atoms with E-state index in [0.717, 1.165) is 12.0 Å². The number of aliphatic hydroxyl groups is 1. The Bertz CT molecular complexity index is 574. The van der Waals surface area contributed by atoms with Gasteiger partial charge in [0, 0.05) is 18.8 Å². The number of aliphatic hydroxyl groups excluding tert-OH is 1. The first-order valence-corrected chi connectivity index (χ1v) is 8.36. The molecule has 0 aromatic heterocycles. The van der Waals surface area contributed by atoms with E-state index in [9.17, 15) is 14.7 Å². The highest BCUT2D eigenvalue weighted by Gasteiger charge is 2.21. The van der Waals surface area contributed by atoms with Gasteiger partial charge in [0.1, 0.15) is 0 Å². The number of anilines is 1. The Hall–Kier alpha value is -1.88. The predicted octanol–water partition coefficient (Wildman–Crippen LogP) is 2.84. The number of carbonyl (C=O) groups is 2. The molecule has 5 nitrogen and oxygen atoms in total. The fourth-order valence-electron chi connectivity index (χ4n) is 2.35. The second-order valence-electron chi connectivity index (χ2n) is 7.93. The summed E-state index contributed by atoms with van der Waals surface area (Å²) in [5.74, 6) is -1.30. The number of para-hydroxylation sites is 1. The molecule has 0 unspecified atom stereocenters. The summed E-state index contributed by atoms with van der Waals surface area (Å²) in [6.07, 6.45) is 1.49. The quantitative estimate of drug-likeness (QED) is 0.553. The maximum absolute atomic E-state index is 12.1. The van der Waals surface area contributed by atoms with Gasteiger partial charge in [-0.3, -0.25) is 9.59 Å². The van der Waals surface area contributed by atoms with E-state index in [4.69, 9.17) is 0 Å². The van der Waals surface area contributed by atoms with Crippen LogP contribution in [0.4, 0.5) is 5.69 Å². The second kappa shape index (κ2) is 8.29. The lowest BCUT2D eigenvalue weighted by Gasteiger charge is -2.23. The zero-order valence-corrected chi connectivity index (χ0v) is 15.4. The van der Waals surface area contributed by atoms with Crippen LogP contribution >= 0.6 is 0 Å². The average molecular weight is 334 g/mol. The average Bonchev–Trinajstić information content (AvgIpc) is 2.50. The van der Waals surface area contributed by atoms with Crippen molar-refractivity contribution in [2.75, 3.05) is 18.5 Å². The standard InChI is InChI=1S/C19H30N2O3/c1-18(2,3)14-9-6-7-10-15(14)21-17(24)16(23)20-12-8-11-19(4,5)13-22/h6-7,9-10,22H,8,11-13H2,1-5H3,(H,20,23)(H,21,24). The van der Waals surface area contributed by atoms with Gasteiger partial charge in [0.2, 0.25) is 0 Å². The molecular weight excluding hydrogens is 304 g/mol. The third kappa shape index (κ3) is 6.32. The number of rotatable bonds is 6. The molecule has 0 radical (unpaired) electrons. The van der Waals surface area contributed by atoms with E-state index >= 15 is 0 Å². The molecule has 3 N–H and O–H groups in total. The summed E-state index contributed by atoms with van der Waals surface area (Å²) < 4.78 is 0. The van der Waals surface area contributed by atoms with Crippen LogP contribution in [-0.4, -0.2) is 30.1 Å². The fraction of sp³-hybridized carbons (Fsp3) is 0.579. The minimum absolute atomic E-state index is 0.102. The van der Waals surface area contributed by atoms with E-state index in [2.05, 4.69) is 31.4 Å². The molecule has 0 fully saturated rings. The molecule has 0 bridgehead atoms. The summed E-state index contributed by atoms with van der Waals surface area (Å²) in [6.45, 7) is 10.6. The fourth-order valence-corrected chi connectivity index (χ4v) is 2.35. The lowest BCUT2D eigenvalue weighted by atomic mass is 9.86. The van der Waals surface area contributed by atoms with Crippen molar-refractivity contribution in [2.45, 2.75) is 52.9 Å². The number of hydrogen-bond donors (Lipinski definition) is 3. The monoisotopic (exact) mass is 334 g/mol. The lowest BCUT2D eigenvalue weighted by Crippen LogP contribution is -2.36. The highest BCUT2D eigenvalue weighted by molar-refractivity contribution is 6.39. The van der Waals surface area contributed by atoms with Gasteiger partial charge in [-0.25, -0.2) is 0 Å². The summed E-state index contributed by atoms with van der Waals surface area (Å²) in [6, 6.07) is 7.50. The van der Waals surface area contributed by atoms with E-state index in [1.54, 1.807) is 6.07 Å². The predicted molar refractivity (Wildman–Crippen MR) is 96.9 cm³/mol. The zero-order chi connectivity index (χ0) is 18.4. The molecule has 0 atom stereocenters. The van der Waals surface area contributed by atoms with Crippen LogP contribution in [0.15, 0.2) is 24.3 Å².